The summed E-state index contributed by atoms with van der Waals surface area (Å²) in [5.41, 5.74) is 1.83. The summed E-state index contributed by atoms with van der Waals surface area (Å²) in [7, 11) is 0. The summed E-state index contributed by atoms with van der Waals surface area (Å²) in [5, 5.41) is 6.08. The minimum atomic E-state index is -0.265. The van der Waals surface area contributed by atoms with Gasteiger partial charge in [-0.2, -0.15) is 0 Å². The molecule has 2 aliphatic rings. The number of halogens is 1. The monoisotopic (exact) mass is 471 g/mol. The van der Waals surface area contributed by atoms with Crippen LogP contribution in [0.25, 0.3) is 11.3 Å². The van der Waals surface area contributed by atoms with Crippen molar-refractivity contribution in [2.24, 2.45) is 0 Å². The van der Waals surface area contributed by atoms with Gasteiger partial charge >= 0.3 is 0 Å². The van der Waals surface area contributed by atoms with Gasteiger partial charge in [0.05, 0.1) is 17.7 Å². The van der Waals surface area contributed by atoms with Gasteiger partial charge in [-0.25, -0.2) is 4.98 Å². The van der Waals surface area contributed by atoms with Crippen molar-refractivity contribution in [3.8, 4) is 11.3 Å². The number of amides is 1. The highest BCUT2D eigenvalue weighted by molar-refractivity contribution is 7.10. The normalized spacial score (nSPS) is 19.1. The van der Waals surface area contributed by atoms with Crippen LogP contribution in [-0.4, -0.2) is 46.9 Å². The molecule has 4 nitrogen and oxygen atoms in total. The van der Waals surface area contributed by atoms with Gasteiger partial charge in [-0.05, 0) is 36.4 Å². The molecule has 31 heavy (non-hydrogen) atoms. The lowest BCUT2D eigenvalue weighted by Gasteiger charge is -2.39. The van der Waals surface area contributed by atoms with Gasteiger partial charge in [0.25, 0.3) is 0 Å². The maximum Gasteiger partial charge on any atom is 0.234 e. The van der Waals surface area contributed by atoms with E-state index >= 15 is 0 Å². The number of nitrogens with zero attached hydrogens (tertiary/aromatic N) is 3. The fourth-order valence-electron chi connectivity index (χ4n) is 4.83. The SMILES string of the molecule is O=C(N1CCN(Cc2nc(-c3ccc(Cl)cc3)cs2)CC1)C1(c2cccs2)CCCC1. The van der Waals surface area contributed by atoms with Gasteiger partial charge in [-0.15, -0.1) is 22.7 Å². The summed E-state index contributed by atoms with van der Waals surface area (Å²) in [6, 6.07) is 12.1. The van der Waals surface area contributed by atoms with Gasteiger partial charge < -0.3 is 4.90 Å². The summed E-state index contributed by atoms with van der Waals surface area (Å²) in [5.74, 6) is 0.353. The Morgan fingerprint density at radius 2 is 1.77 bits per heavy atom. The van der Waals surface area contributed by atoms with Crippen LogP contribution >= 0.6 is 34.3 Å². The van der Waals surface area contributed by atoms with Crippen LogP contribution in [-0.2, 0) is 16.8 Å². The largest absolute Gasteiger partial charge is 0.339 e. The molecule has 7 heteroatoms. The Morgan fingerprint density at radius 3 is 2.45 bits per heavy atom. The van der Waals surface area contributed by atoms with Crippen LogP contribution < -0.4 is 0 Å². The van der Waals surface area contributed by atoms with E-state index in [1.165, 1.54) is 4.88 Å². The second-order valence-electron chi connectivity index (χ2n) is 8.47. The average Bonchev–Trinajstić information content (AvgIpc) is 3.56. The molecule has 1 amide bonds. The van der Waals surface area contributed by atoms with E-state index in [2.05, 4.69) is 32.7 Å². The number of piperazine rings is 1. The Morgan fingerprint density at radius 1 is 1.03 bits per heavy atom. The Labute approximate surface area is 196 Å². The second-order valence-corrected chi connectivity index (χ2v) is 10.8. The number of benzene rings is 1. The first kappa shape index (κ1) is 21.1. The molecule has 1 saturated carbocycles. The van der Waals surface area contributed by atoms with Gasteiger partial charge in [0.2, 0.25) is 5.91 Å². The first-order chi connectivity index (χ1) is 15.1. The average molecular weight is 472 g/mol. The van der Waals surface area contributed by atoms with Gasteiger partial charge in [0.1, 0.15) is 5.01 Å². The van der Waals surface area contributed by atoms with Crippen molar-refractivity contribution in [3.63, 3.8) is 0 Å². The van der Waals surface area contributed by atoms with Crippen LogP contribution in [0.15, 0.2) is 47.2 Å². The van der Waals surface area contributed by atoms with Gasteiger partial charge in [0.15, 0.2) is 0 Å². The Bertz CT molecular complexity index is 1020. The molecule has 3 heterocycles. The zero-order valence-corrected chi connectivity index (χ0v) is 19.8. The molecule has 0 unspecified atom stereocenters. The quantitative estimate of drug-likeness (QED) is 0.480. The van der Waals surface area contributed by atoms with E-state index in [-0.39, 0.29) is 5.41 Å². The zero-order chi connectivity index (χ0) is 21.3. The van der Waals surface area contributed by atoms with Gasteiger partial charge in [-0.1, -0.05) is 42.6 Å². The molecule has 1 aromatic carbocycles. The first-order valence-electron chi connectivity index (χ1n) is 10.9. The summed E-state index contributed by atoms with van der Waals surface area (Å²) < 4.78 is 0. The number of rotatable bonds is 5. The molecular weight excluding hydrogens is 446 g/mol. The van der Waals surface area contributed by atoms with Crippen LogP contribution in [0, 0.1) is 0 Å². The summed E-state index contributed by atoms with van der Waals surface area (Å²) >= 11 is 9.44. The van der Waals surface area contributed by atoms with Crippen molar-refractivity contribution >= 4 is 40.2 Å². The molecule has 162 valence electrons. The van der Waals surface area contributed by atoms with Crippen molar-refractivity contribution in [1.29, 1.82) is 0 Å². The molecule has 0 bridgehead atoms. The van der Waals surface area contributed by atoms with Crippen LogP contribution in [0.1, 0.15) is 35.6 Å². The lowest BCUT2D eigenvalue weighted by atomic mass is 9.82. The van der Waals surface area contributed by atoms with Crippen molar-refractivity contribution in [2.75, 3.05) is 26.2 Å². The highest BCUT2D eigenvalue weighted by Gasteiger charge is 2.46. The predicted molar refractivity (Wildman–Crippen MR) is 129 cm³/mol. The summed E-state index contributed by atoms with van der Waals surface area (Å²) in [6.07, 6.45) is 4.31. The molecule has 0 spiro atoms. The van der Waals surface area contributed by atoms with Crippen LogP contribution in [0.3, 0.4) is 0 Å². The van der Waals surface area contributed by atoms with E-state index in [0.29, 0.717) is 5.91 Å². The van der Waals surface area contributed by atoms with E-state index in [4.69, 9.17) is 16.6 Å². The van der Waals surface area contributed by atoms with Crippen LogP contribution in [0.2, 0.25) is 5.02 Å². The lowest BCUT2D eigenvalue weighted by Crippen LogP contribution is -2.53. The Balaban J connectivity index is 1.20. The Hall–Kier alpha value is -1.73. The van der Waals surface area contributed by atoms with Crippen LogP contribution in [0.5, 0.6) is 0 Å². The molecular formula is C24H26ClN3OS2. The standard InChI is InChI=1S/C24H26ClN3OS2/c25-19-7-5-18(6-8-19)20-17-31-22(26-20)16-27-11-13-28(14-12-27)23(29)24(9-1-2-10-24)21-4-3-15-30-21/h3-8,15,17H,1-2,9-14,16H2. The number of thiazole rings is 1. The number of carbonyl (C=O) groups excluding carboxylic acids is 1. The maximum absolute atomic E-state index is 13.6. The number of hydrogen-bond donors (Lipinski definition) is 0. The maximum atomic E-state index is 13.6. The highest BCUT2D eigenvalue weighted by Crippen LogP contribution is 2.44. The number of carbonyl (C=O) groups is 1. The minimum Gasteiger partial charge on any atom is -0.339 e. The smallest absolute Gasteiger partial charge is 0.234 e. The zero-order valence-electron chi connectivity index (χ0n) is 17.4. The molecule has 5 rings (SSSR count). The van der Waals surface area contributed by atoms with E-state index in [0.717, 1.165) is 79.7 Å². The number of aromatic nitrogens is 1. The van der Waals surface area contributed by atoms with Gasteiger partial charge in [-0.3, -0.25) is 9.69 Å². The third kappa shape index (κ3) is 4.31. The first-order valence-corrected chi connectivity index (χ1v) is 13.0. The number of hydrogen-bond acceptors (Lipinski definition) is 5. The van der Waals surface area contributed by atoms with E-state index in [9.17, 15) is 4.79 Å². The summed E-state index contributed by atoms with van der Waals surface area (Å²) in [4.78, 5) is 24.2. The van der Waals surface area contributed by atoms with E-state index < -0.39 is 0 Å². The number of thiophene rings is 1. The predicted octanol–water partition coefficient (Wildman–Crippen LogP) is 5.68. The molecule has 1 aliphatic heterocycles. The molecule has 0 atom stereocenters. The van der Waals surface area contributed by atoms with Gasteiger partial charge in [0, 0.05) is 47.0 Å². The molecule has 1 aliphatic carbocycles. The third-order valence-corrected chi connectivity index (χ3v) is 8.73. The topological polar surface area (TPSA) is 36.4 Å². The van der Waals surface area contributed by atoms with Crippen molar-refractivity contribution < 1.29 is 4.79 Å². The molecule has 3 aromatic rings. The van der Waals surface area contributed by atoms with Crippen molar-refractivity contribution in [1.82, 2.24) is 14.8 Å². The highest BCUT2D eigenvalue weighted by atomic mass is 35.5. The molecule has 0 N–H and O–H groups in total. The fraction of sp³-hybridized carbons (Fsp3) is 0.417. The Kier molecular flexibility index (Phi) is 6.15. The second kappa shape index (κ2) is 9.02. The van der Waals surface area contributed by atoms with Crippen LogP contribution in [0.4, 0.5) is 0 Å². The lowest BCUT2D eigenvalue weighted by molar-refractivity contribution is -0.139. The van der Waals surface area contributed by atoms with E-state index in [1.54, 1.807) is 22.7 Å². The molecule has 2 aromatic heterocycles. The molecule has 1 saturated heterocycles. The summed E-state index contributed by atoms with van der Waals surface area (Å²) in [6.45, 7) is 4.27. The molecule has 0 radical (unpaired) electrons. The molecule has 2 fully saturated rings. The van der Waals surface area contributed by atoms with Crippen molar-refractivity contribution in [2.45, 2.75) is 37.6 Å². The van der Waals surface area contributed by atoms with E-state index in [1.807, 2.05) is 24.3 Å². The fourth-order valence-corrected chi connectivity index (χ4v) is 6.78. The minimum absolute atomic E-state index is 0.265. The van der Waals surface area contributed by atoms with Crippen molar-refractivity contribution in [3.05, 3.63) is 62.1 Å². The third-order valence-electron chi connectivity index (χ3n) is 6.57.